The Morgan fingerprint density at radius 3 is 2.57 bits per heavy atom. The zero-order chi connectivity index (χ0) is 21.7. The molecule has 30 heavy (non-hydrogen) atoms. The molecule has 2 aromatic rings. The summed E-state index contributed by atoms with van der Waals surface area (Å²) in [5.74, 6) is -0.205. The monoisotopic (exact) mass is 448 g/mol. The molecule has 3 rings (SSSR count). The number of imide groups is 1. The molecule has 0 aromatic heterocycles. The largest absolute Gasteiger partial charge is 0.497 e. The molecule has 0 aliphatic carbocycles. The molecule has 1 aliphatic rings. The molecular weight excluding hydrogens is 427 g/mol. The van der Waals surface area contributed by atoms with Gasteiger partial charge >= 0.3 is 0 Å². The van der Waals surface area contributed by atoms with Crippen LogP contribution in [-0.4, -0.2) is 43.6 Å². The number of hydrogen-bond acceptors (Lipinski definition) is 5. The molecule has 158 valence electrons. The summed E-state index contributed by atoms with van der Waals surface area (Å²) in [5.41, 5.74) is 1.43. The molecule has 8 heteroatoms. The second-order valence-corrected chi connectivity index (χ2v) is 7.39. The second-order valence-electron chi connectivity index (χ2n) is 6.54. The summed E-state index contributed by atoms with van der Waals surface area (Å²) in [4.78, 5) is 27.5. The average Bonchev–Trinajstić information content (AvgIpc) is 2.95. The van der Waals surface area contributed by atoms with E-state index in [1.165, 1.54) is 4.90 Å². The normalized spacial score (nSPS) is 13.9. The molecular formula is C22H22Cl2N2O4. The highest BCUT2D eigenvalue weighted by molar-refractivity contribution is 6.41. The van der Waals surface area contributed by atoms with Crippen molar-refractivity contribution in [3.8, 4) is 5.75 Å². The molecule has 0 saturated heterocycles. The third kappa shape index (κ3) is 4.78. The minimum atomic E-state index is -0.416. The van der Waals surface area contributed by atoms with Crippen molar-refractivity contribution in [2.75, 3.05) is 32.2 Å². The van der Waals surface area contributed by atoms with E-state index in [4.69, 9.17) is 32.7 Å². The van der Waals surface area contributed by atoms with E-state index in [-0.39, 0.29) is 17.8 Å². The fourth-order valence-electron chi connectivity index (χ4n) is 3.15. The van der Waals surface area contributed by atoms with Crippen LogP contribution in [0.2, 0.25) is 10.0 Å². The zero-order valence-corrected chi connectivity index (χ0v) is 18.2. The van der Waals surface area contributed by atoms with Gasteiger partial charge in [0.05, 0.1) is 17.7 Å². The number of hydrogen-bond donors (Lipinski definition) is 1. The average molecular weight is 449 g/mol. The molecule has 1 heterocycles. The summed E-state index contributed by atoms with van der Waals surface area (Å²) in [6.07, 6.45) is 0.541. The summed E-state index contributed by atoms with van der Waals surface area (Å²) >= 11 is 12.4. The van der Waals surface area contributed by atoms with Crippen LogP contribution >= 0.6 is 23.2 Å². The van der Waals surface area contributed by atoms with Gasteiger partial charge < -0.3 is 14.8 Å². The maximum absolute atomic E-state index is 13.2. The molecule has 0 fully saturated rings. The minimum absolute atomic E-state index is 0.161. The van der Waals surface area contributed by atoms with Crippen LogP contribution in [0.5, 0.6) is 5.75 Å². The Bertz CT molecular complexity index is 991. The van der Waals surface area contributed by atoms with Crippen LogP contribution in [0.15, 0.2) is 48.2 Å². The Labute approximate surface area is 185 Å². The molecule has 0 saturated carbocycles. The van der Waals surface area contributed by atoms with Crippen molar-refractivity contribution in [2.24, 2.45) is 0 Å². The highest BCUT2D eigenvalue weighted by Crippen LogP contribution is 2.35. The smallest absolute Gasteiger partial charge is 0.278 e. The van der Waals surface area contributed by atoms with Crippen molar-refractivity contribution in [1.82, 2.24) is 4.90 Å². The number of nitrogens with one attached hydrogen (secondary N) is 1. The van der Waals surface area contributed by atoms with Gasteiger partial charge in [0.25, 0.3) is 11.8 Å². The molecule has 0 bridgehead atoms. The number of anilines is 1. The van der Waals surface area contributed by atoms with E-state index in [1.54, 1.807) is 49.6 Å². The number of carbonyl (C=O) groups excluding carboxylic acids is 2. The predicted octanol–water partition coefficient (Wildman–Crippen LogP) is 4.62. The first kappa shape index (κ1) is 22.2. The number of methoxy groups -OCH3 is 1. The SMILES string of the molecule is CCOCCCN1C(=O)C(Nc2cccc(OC)c2)=C(c2ccc(Cl)cc2Cl)C1=O. The predicted molar refractivity (Wildman–Crippen MR) is 118 cm³/mol. The second kappa shape index (κ2) is 9.98. The molecule has 1 N–H and O–H groups in total. The van der Waals surface area contributed by atoms with Gasteiger partial charge in [-0.3, -0.25) is 14.5 Å². The van der Waals surface area contributed by atoms with Crippen molar-refractivity contribution in [3.63, 3.8) is 0 Å². The van der Waals surface area contributed by atoms with Crippen LogP contribution in [0.25, 0.3) is 5.57 Å². The van der Waals surface area contributed by atoms with Gasteiger partial charge in [0.15, 0.2) is 0 Å². The molecule has 0 radical (unpaired) electrons. The Morgan fingerprint density at radius 2 is 1.87 bits per heavy atom. The number of benzene rings is 2. The van der Waals surface area contributed by atoms with Gasteiger partial charge in [0, 0.05) is 42.1 Å². The van der Waals surface area contributed by atoms with Gasteiger partial charge in [-0.1, -0.05) is 35.3 Å². The van der Waals surface area contributed by atoms with Crippen molar-refractivity contribution in [2.45, 2.75) is 13.3 Å². The first-order chi connectivity index (χ1) is 14.5. The van der Waals surface area contributed by atoms with E-state index in [9.17, 15) is 9.59 Å². The number of halogens is 2. The van der Waals surface area contributed by atoms with Crippen molar-refractivity contribution in [3.05, 3.63) is 63.8 Å². The number of ether oxygens (including phenoxy) is 2. The Balaban J connectivity index is 1.99. The third-order valence-electron chi connectivity index (χ3n) is 4.58. The summed E-state index contributed by atoms with van der Waals surface area (Å²) < 4.78 is 10.6. The van der Waals surface area contributed by atoms with Crippen LogP contribution in [0, 0.1) is 0 Å². The molecule has 0 spiro atoms. The summed E-state index contributed by atoms with van der Waals surface area (Å²) in [6.45, 7) is 3.18. The quantitative estimate of drug-likeness (QED) is 0.447. The first-order valence-corrected chi connectivity index (χ1v) is 10.3. The molecule has 2 amide bonds. The van der Waals surface area contributed by atoms with Crippen molar-refractivity contribution in [1.29, 1.82) is 0 Å². The molecule has 1 aliphatic heterocycles. The zero-order valence-electron chi connectivity index (χ0n) is 16.7. The molecule has 0 atom stereocenters. The van der Waals surface area contributed by atoms with Crippen LogP contribution in [0.3, 0.4) is 0 Å². The number of carbonyl (C=O) groups is 2. The highest BCUT2D eigenvalue weighted by Gasteiger charge is 2.39. The molecule has 2 aromatic carbocycles. The third-order valence-corrected chi connectivity index (χ3v) is 5.13. The summed E-state index contributed by atoms with van der Waals surface area (Å²) in [5, 5.41) is 3.82. The number of amides is 2. The van der Waals surface area contributed by atoms with E-state index in [2.05, 4.69) is 5.32 Å². The summed E-state index contributed by atoms with van der Waals surface area (Å²) in [6, 6.07) is 11.9. The maximum atomic E-state index is 13.2. The first-order valence-electron chi connectivity index (χ1n) is 9.51. The Hall–Kier alpha value is -2.54. The van der Waals surface area contributed by atoms with Gasteiger partial charge in [0.1, 0.15) is 11.4 Å². The minimum Gasteiger partial charge on any atom is -0.497 e. The van der Waals surface area contributed by atoms with Gasteiger partial charge in [-0.05, 0) is 37.6 Å². The molecule has 6 nitrogen and oxygen atoms in total. The van der Waals surface area contributed by atoms with Crippen LogP contribution in [0.1, 0.15) is 18.9 Å². The lowest BCUT2D eigenvalue weighted by atomic mass is 10.0. The Morgan fingerprint density at radius 1 is 1.07 bits per heavy atom. The standard InChI is InChI=1S/C22H22Cl2N2O4/c1-3-30-11-5-10-26-21(27)19(17-9-8-14(23)12-18(17)24)20(22(26)28)25-15-6-4-7-16(13-15)29-2/h4,6-9,12-13,25H,3,5,10-11H2,1-2H3. The number of nitrogens with zero attached hydrogens (tertiary/aromatic N) is 1. The Kier molecular flexibility index (Phi) is 7.37. The van der Waals surface area contributed by atoms with E-state index < -0.39 is 11.8 Å². The fraction of sp³-hybridized carbons (Fsp3) is 0.273. The van der Waals surface area contributed by atoms with Crippen molar-refractivity contribution < 1.29 is 19.1 Å². The van der Waals surface area contributed by atoms with Gasteiger partial charge in [0.2, 0.25) is 0 Å². The van der Waals surface area contributed by atoms with E-state index in [0.29, 0.717) is 46.7 Å². The van der Waals surface area contributed by atoms with E-state index in [1.807, 2.05) is 6.92 Å². The topological polar surface area (TPSA) is 67.9 Å². The van der Waals surface area contributed by atoms with Gasteiger partial charge in [-0.15, -0.1) is 0 Å². The van der Waals surface area contributed by atoms with Crippen LogP contribution < -0.4 is 10.1 Å². The van der Waals surface area contributed by atoms with E-state index >= 15 is 0 Å². The fourth-order valence-corrected chi connectivity index (χ4v) is 3.65. The highest BCUT2D eigenvalue weighted by atomic mass is 35.5. The maximum Gasteiger partial charge on any atom is 0.278 e. The van der Waals surface area contributed by atoms with Crippen LogP contribution in [0.4, 0.5) is 5.69 Å². The molecule has 0 unspecified atom stereocenters. The van der Waals surface area contributed by atoms with Crippen LogP contribution in [-0.2, 0) is 14.3 Å². The summed E-state index contributed by atoms with van der Waals surface area (Å²) in [7, 11) is 1.56. The lowest BCUT2D eigenvalue weighted by Crippen LogP contribution is -2.34. The lowest BCUT2D eigenvalue weighted by Gasteiger charge is -2.15. The van der Waals surface area contributed by atoms with E-state index in [0.717, 1.165) is 0 Å². The van der Waals surface area contributed by atoms with Gasteiger partial charge in [-0.2, -0.15) is 0 Å². The van der Waals surface area contributed by atoms with Crippen molar-refractivity contribution >= 4 is 46.3 Å². The lowest BCUT2D eigenvalue weighted by molar-refractivity contribution is -0.137. The van der Waals surface area contributed by atoms with Gasteiger partial charge in [-0.25, -0.2) is 0 Å². The number of rotatable bonds is 9.